The molecule has 3 rings (SSSR count). The second kappa shape index (κ2) is 4.94. The van der Waals surface area contributed by atoms with E-state index in [0.717, 1.165) is 26.1 Å². The molecule has 1 amide bonds. The molecule has 3 nitrogen and oxygen atoms in total. The lowest BCUT2D eigenvalue weighted by Gasteiger charge is -2.35. The van der Waals surface area contributed by atoms with Crippen LogP contribution in [0.25, 0.3) is 0 Å². The van der Waals surface area contributed by atoms with Gasteiger partial charge in [0.2, 0.25) is 5.91 Å². The molecule has 1 aromatic carbocycles. The summed E-state index contributed by atoms with van der Waals surface area (Å²) in [5.41, 5.74) is 1.32. The lowest BCUT2D eigenvalue weighted by molar-refractivity contribution is -0.133. The van der Waals surface area contributed by atoms with Crippen molar-refractivity contribution in [2.45, 2.75) is 29.5 Å². The van der Waals surface area contributed by atoms with Crippen molar-refractivity contribution < 1.29 is 4.79 Å². The molecule has 0 aliphatic carbocycles. The van der Waals surface area contributed by atoms with Gasteiger partial charge in [0.15, 0.2) is 0 Å². The van der Waals surface area contributed by atoms with E-state index in [0.29, 0.717) is 11.9 Å². The molecule has 96 valence electrons. The maximum Gasteiger partial charge on any atom is 0.236 e. The van der Waals surface area contributed by atoms with E-state index in [1.165, 1.54) is 10.5 Å². The highest BCUT2D eigenvalue weighted by Gasteiger charge is 2.33. The van der Waals surface area contributed by atoms with Gasteiger partial charge in [-0.05, 0) is 25.0 Å². The van der Waals surface area contributed by atoms with Crippen molar-refractivity contribution in [3.63, 3.8) is 0 Å². The number of nitrogens with one attached hydrogen (secondary N) is 1. The number of hydrogen-bond acceptors (Lipinski definition) is 3. The van der Waals surface area contributed by atoms with Gasteiger partial charge in [-0.15, -0.1) is 11.8 Å². The number of hydrogen-bond donors (Lipinski definition) is 1. The van der Waals surface area contributed by atoms with Gasteiger partial charge in [0.25, 0.3) is 0 Å². The van der Waals surface area contributed by atoms with Crippen LogP contribution in [0.5, 0.6) is 0 Å². The van der Waals surface area contributed by atoms with Crippen molar-refractivity contribution in [2.24, 2.45) is 0 Å². The third-order valence-corrected chi connectivity index (χ3v) is 5.01. The third kappa shape index (κ3) is 2.15. The lowest BCUT2D eigenvalue weighted by Crippen LogP contribution is -2.54. The summed E-state index contributed by atoms with van der Waals surface area (Å²) in [6.45, 7) is 4.79. The molecule has 1 N–H and O–H groups in total. The minimum absolute atomic E-state index is 0.0861. The predicted octanol–water partition coefficient (Wildman–Crippen LogP) is 1.52. The highest BCUT2D eigenvalue weighted by Crippen LogP contribution is 2.37. The Balaban J connectivity index is 1.72. The van der Waals surface area contributed by atoms with E-state index in [9.17, 15) is 4.79 Å². The van der Waals surface area contributed by atoms with Crippen LogP contribution in [0.2, 0.25) is 0 Å². The summed E-state index contributed by atoms with van der Waals surface area (Å²) in [5, 5.41) is 3.41. The second-order valence-electron chi connectivity index (χ2n) is 5.00. The van der Waals surface area contributed by atoms with Crippen LogP contribution in [-0.2, 0) is 11.2 Å². The van der Waals surface area contributed by atoms with Gasteiger partial charge < -0.3 is 10.2 Å². The Hall–Kier alpha value is -1.00. The quantitative estimate of drug-likeness (QED) is 0.833. The minimum Gasteiger partial charge on any atom is -0.336 e. The van der Waals surface area contributed by atoms with E-state index in [2.05, 4.69) is 30.4 Å². The fourth-order valence-corrected chi connectivity index (χ4v) is 3.94. The highest BCUT2D eigenvalue weighted by molar-refractivity contribution is 8.01. The lowest BCUT2D eigenvalue weighted by atomic mass is 10.1. The number of rotatable bonds is 1. The van der Waals surface area contributed by atoms with Crippen LogP contribution in [0.4, 0.5) is 0 Å². The number of benzene rings is 1. The van der Waals surface area contributed by atoms with Crippen molar-refractivity contribution in [2.75, 3.05) is 19.6 Å². The standard InChI is InChI=1S/C14H18N2OS/c1-10-9-15-6-7-16(10)14(17)13-8-11-4-2-3-5-12(11)18-13/h2-5,10,13,15H,6-9H2,1H3/t10-,13?/m1/s1. The Kier molecular flexibility index (Phi) is 3.31. The first-order valence-corrected chi connectivity index (χ1v) is 7.39. The molecule has 2 aliphatic heterocycles. The van der Waals surface area contributed by atoms with E-state index in [4.69, 9.17) is 0 Å². The Morgan fingerprint density at radius 2 is 2.28 bits per heavy atom. The maximum absolute atomic E-state index is 12.6. The monoisotopic (exact) mass is 262 g/mol. The van der Waals surface area contributed by atoms with Crippen LogP contribution in [0, 0.1) is 0 Å². The molecular formula is C14H18N2OS. The molecule has 2 atom stereocenters. The van der Waals surface area contributed by atoms with Crippen LogP contribution in [0.3, 0.4) is 0 Å². The number of fused-ring (bicyclic) bond motifs is 1. The molecule has 0 bridgehead atoms. The Morgan fingerprint density at radius 3 is 3.06 bits per heavy atom. The van der Waals surface area contributed by atoms with Gasteiger partial charge in [-0.2, -0.15) is 0 Å². The smallest absolute Gasteiger partial charge is 0.236 e. The SMILES string of the molecule is C[C@@H]1CNCCN1C(=O)C1Cc2ccccc2S1. The summed E-state index contributed by atoms with van der Waals surface area (Å²) < 4.78 is 0. The van der Waals surface area contributed by atoms with Gasteiger partial charge in [-0.25, -0.2) is 0 Å². The van der Waals surface area contributed by atoms with Crippen LogP contribution >= 0.6 is 11.8 Å². The molecule has 18 heavy (non-hydrogen) atoms. The second-order valence-corrected chi connectivity index (χ2v) is 6.25. The molecule has 1 aromatic rings. The summed E-state index contributed by atoms with van der Waals surface area (Å²) in [5.74, 6) is 0.310. The summed E-state index contributed by atoms with van der Waals surface area (Å²) in [4.78, 5) is 15.9. The zero-order valence-electron chi connectivity index (χ0n) is 10.6. The van der Waals surface area contributed by atoms with Crippen LogP contribution in [0.15, 0.2) is 29.2 Å². The van der Waals surface area contributed by atoms with Crippen molar-refractivity contribution in [1.29, 1.82) is 0 Å². The van der Waals surface area contributed by atoms with Gasteiger partial charge in [-0.3, -0.25) is 4.79 Å². The normalized spacial score (nSPS) is 27.1. The molecule has 0 radical (unpaired) electrons. The zero-order chi connectivity index (χ0) is 12.5. The first-order chi connectivity index (χ1) is 8.75. The summed E-state index contributed by atoms with van der Waals surface area (Å²) in [7, 11) is 0. The third-order valence-electron chi connectivity index (χ3n) is 3.71. The molecule has 0 saturated carbocycles. The number of carbonyl (C=O) groups excluding carboxylic acids is 1. The summed E-state index contributed by atoms with van der Waals surface area (Å²) >= 11 is 1.73. The highest BCUT2D eigenvalue weighted by atomic mass is 32.2. The van der Waals surface area contributed by atoms with E-state index < -0.39 is 0 Å². The Bertz CT molecular complexity index is 438. The van der Waals surface area contributed by atoms with E-state index in [1.807, 2.05) is 11.0 Å². The van der Waals surface area contributed by atoms with E-state index in [1.54, 1.807) is 11.8 Å². The average molecular weight is 262 g/mol. The van der Waals surface area contributed by atoms with Crippen molar-refractivity contribution >= 4 is 17.7 Å². The van der Waals surface area contributed by atoms with Crippen molar-refractivity contribution in [3.8, 4) is 0 Å². The van der Waals surface area contributed by atoms with Crippen LogP contribution in [0.1, 0.15) is 12.5 Å². The summed E-state index contributed by atoms with van der Waals surface area (Å²) in [6, 6.07) is 8.67. The maximum atomic E-state index is 12.6. The van der Waals surface area contributed by atoms with Gasteiger partial charge in [-0.1, -0.05) is 18.2 Å². The molecular weight excluding hydrogens is 244 g/mol. The molecule has 0 aromatic heterocycles. The molecule has 1 fully saturated rings. The first-order valence-electron chi connectivity index (χ1n) is 6.51. The first kappa shape index (κ1) is 12.1. The molecule has 1 unspecified atom stereocenters. The number of amides is 1. The largest absolute Gasteiger partial charge is 0.336 e. The number of piperazine rings is 1. The Morgan fingerprint density at radius 1 is 1.44 bits per heavy atom. The molecule has 1 saturated heterocycles. The van der Waals surface area contributed by atoms with E-state index in [-0.39, 0.29) is 5.25 Å². The van der Waals surface area contributed by atoms with Crippen LogP contribution < -0.4 is 5.32 Å². The predicted molar refractivity (Wildman–Crippen MR) is 73.8 cm³/mol. The topological polar surface area (TPSA) is 32.3 Å². The number of carbonyl (C=O) groups is 1. The number of nitrogens with zero attached hydrogens (tertiary/aromatic N) is 1. The fraction of sp³-hybridized carbons (Fsp3) is 0.500. The van der Waals surface area contributed by atoms with Crippen LogP contribution in [-0.4, -0.2) is 41.7 Å². The van der Waals surface area contributed by atoms with Gasteiger partial charge in [0.05, 0.1) is 5.25 Å². The van der Waals surface area contributed by atoms with Crippen molar-refractivity contribution in [3.05, 3.63) is 29.8 Å². The fourth-order valence-electron chi connectivity index (χ4n) is 2.67. The molecule has 2 aliphatic rings. The number of thioether (sulfide) groups is 1. The molecule has 0 spiro atoms. The van der Waals surface area contributed by atoms with Crippen molar-refractivity contribution in [1.82, 2.24) is 10.2 Å². The zero-order valence-corrected chi connectivity index (χ0v) is 11.4. The molecule has 4 heteroatoms. The van der Waals surface area contributed by atoms with E-state index >= 15 is 0 Å². The van der Waals surface area contributed by atoms with Gasteiger partial charge in [0.1, 0.15) is 0 Å². The summed E-state index contributed by atoms with van der Waals surface area (Å²) in [6.07, 6.45) is 0.885. The molecule has 2 heterocycles. The minimum atomic E-state index is 0.0861. The van der Waals surface area contributed by atoms with Gasteiger partial charge in [0, 0.05) is 30.6 Å². The van der Waals surface area contributed by atoms with Gasteiger partial charge >= 0.3 is 0 Å². The average Bonchev–Trinajstić information content (AvgIpc) is 2.82. The Labute approximate surface area is 112 Å².